The van der Waals surface area contributed by atoms with Gasteiger partial charge in [-0.1, -0.05) is 6.92 Å². The van der Waals surface area contributed by atoms with Crippen LogP contribution in [-0.4, -0.2) is 52.8 Å². The molecule has 2 aliphatic rings. The Labute approximate surface area is 183 Å². The Hall–Kier alpha value is -2.16. The second kappa shape index (κ2) is 8.41. The van der Waals surface area contributed by atoms with Crippen molar-refractivity contribution in [3.05, 3.63) is 28.3 Å². The summed E-state index contributed by atoms with van der Waals surface area (Å²) in [7, 11) is 0. The van der Waals surface area contributed by atoms with E-state index in [0.29, 0.717) is 47.7 Å². The number of alkyl halides is 3. The number of fused-ring (bicyclic) bond motifs is 1. The van der Waals surface area contributed by atoms with E-state index in [1.807, 2.05) is 4.90 Å². The molecule has 2 aromatic heterocycles. The Morgan fingerprint density at radius 2 is 1.65 bits per heavy atom. The summed E-state index contributed by atoms with van der Waals surface area (Å²) in [6.07, 6.45) is -1.19. The highest BCUT2D eigenvalue weighted by atomic mass is 32.1. The Morgan fingerprint density at radius 3 is 2.26 bits per heavy atom. The van der Waals surface area contributed by atoms with Crippen LogP contribution in [0.3, 0.4) is 0 Å². The summed E-state index contributed by atoms with van der Waals surface area (Å²) in [6, 6.07) is 2.34. The van der Waals surface area contributed by atoms with Crippen LogP contribution in [0.25, 0.3) is 10.2 Å². The number of aryl methyl sites for hydroxylation is 1. The predicted molar refractivity (Wildman–Crippen MR) is 113 cm³/mol. The number of rotatable bonds is 2. The van der Waals surface area contributed by atoms with Gasteiger partial charge in [-0.2, -0.15) is 13.2 Å². The van der Waals surface area contributed by atoms with Gasteiger partial charge in [-0.15, -0.1) is 11.3 Å². The molecule has 4 rings (SSSR count). The van der Waals surface area contributed by atoms with E-state index in [9.17, 15) is 22.8 Å². The molecule has 0 bridgehead atoms. The average Bonchev–Trinajstić information content (AvgIpc) is 3.09. The normalized spacial score (nSPS) is 19.3. The maximum Gasteiger partial charge on any atom is 0.433 e. The molecule has 31 heavy (non-hydrogen) atoms. The van der Waals surface area contributed by atoms with Crippen molar-refractivity contribution in [3.8, 4) is 0 Å². The number of hydrogen-bond acceptors (Lipinski definition) is 4. The summed E-state index contributed by atoms with van der Waals surface area (Å²) in [5.41, 5.74) is -0.293. The Morgan fingerprint density at radius 1 is 1.03 bits per heavy atom. The molecule has 168 valence electrons. The fourth-order valence-corrected chi connectivity index (χ4v) is 5.57. The van der Waals surface area contributed by atoms with Crippen LogP contribution in [0, 0.1) is 18.8 Å². The number of carbonyl (C=O) groups is 2. The van der Waals surface area contributed by atoms with Crippen LogP contribution < -0.4 is 0 Å². The van der Waals surface area contributed by atoms with E-state index >= 15 is 0 Å². The molecule has 2 saturated heterocycles. The van der Waals surface area contributed by atoms with Crippen molar-refractivity contribution in [2.45, 2.75) is 45.7 Å². The molecule has 2 aliphatic heterocycles. The maximum atomic E-state index is 13.1. The van der Waals surface area contributed by atoms with Gasteiger partial charge in [-0.05, 0) is 56.2 Å². The van der Waals surface area contributed by atoms with E-state index in [-0.39, 0.29) is 22.6 Å². The second-order valence-electron chi connectivity index (χ2n) is 8.68. The van der Waals surface area contributed by atoms with E-state index in [0.717, 1.165) is 43.3 Å². The summed E-state index contributed by atoms with van der Waals surface area (Å²) in [4.78, 5) is 33.9. The molecule has 0 aromatic carbocycles. The minimum Gasteiger partial charge on any atom is -0.342 e. The largest absolute Gasteiger partial charge is 0.433 e. The molecule has 0 aliphatic carbocycles. The van der Waals surface area contributed by atoms with E-state index in [2.05, 4.69) is 11.9 Å². The van der Waals surface area contributed by atoms with E-state index in [1.165, 1.54) is 6.07 Å². The molecule has 4 heterocycles. The zero-order valence-corrected chi connectivity index (χ0v) is 18.5. The quantitative estimate of drug-likeness (QED) is 0.660. The van der Waals surface area contributed by atoms with Gasteiger partial charge in [0.1, 0.15) is 10.5 Å². The number of nitrogens with zero attached hydrogens (tertiary/aromatic N) is 3. The van der Waals surface area contributed by atoms with Gasteiger partial charge in [0.05, 0.1) is 4.88 Å². The second-order valence-corrected chi connectivity index (χ2v) is 9.68. The van der Waals surface area contributed by atoms with Gasteiger partial charge < -0.3 is 9.80 Å². The van der Waals surface area contributed by atoms with Crippen molar-refractivity contribution >= 4 is 33.4 Å². The smallest absolute Gasteiger partial charge is 0.342 e. The number of aromatic nitrogens is 1. The summed E-state index contributed by atoms with van der Waals surface area (Å²) in [5.74, 6) is 0.611. The highest BCUT2D eigenvalue weighted by Crippen LogP contribution is 2.35. The van der Waals surface area contributed by atoms with E-state index in [1.54, 1.807) is 11.8 Å². The molecule has 0 N–H and O–H groups in total. The van der Waals surface area contributed by atoms with Crippen LogP contribution in [0.5, 0.6) is 0 Å². The Kier molecular flexibility index (Phi) is 5.98. The molecule has 0 spiro atoms. The summed E-state index contributed by atoms with van der Waals surface area (Å²) >= 11 is 1.01. The number of likely N-dealkylation sites (tertiary alicyclic amines) is 2. The lowest BCUT2D eigenvalue weighted by molar-refractivity contribution is -0.141. The number of halogens is 3. The topological polar surface area (TPSA) is 53.5 Å². The van der Waals surface area contributed by atoms with Crippen LogP contribution in [0.1, 0.15) is 53.5 Å². The van der Waals surface area contributed by atoms with Gasteiger partial charge in [-0.25, -0.2) is 4.98 Å². The minimum absolute atomic E-state index is 0.0584. The van der Waals surface area contributed by atoms with Gasteiger partial charge in [0.2, 0.25) is 5.91 Å². The highest BCUT2D eigenvalue weighted by Gasteiger charge is 2.35. The van der Waals surface area contributed by atoms with Crippen LogP contribution >= 0.6 is 11.3 Å². The Bertz CT molecular complexity index is 988. The molecular formula is C22H26F3N3O2S. The van der Waals surface area contributed by atoms with Gasteiger partial charge >= 0.3 is 6.18 Å². The third kappa shape index (κ3) is 4.42. The third-order valence-electron chi connectivity index (χ3n) is 6.52. The lowest BCUT2D eigenvalue weighted by atomic mass is 9.92. The van der Waals surface area contributed by atoms with E-state index < -0.39 is 11.9 Å². The first-order valence-electron chi connectivity index (χ1n) is 10.7. The highest BCUT2D eigenvalue weighted by molar-refractivity contribution is 7.20. The molecule has 9 heteroatoms. The first kappa shape index (κ1) is 22.0. The number of amides is 2. The fourth-order valence-electron chi connectivity index (χ4n) is 4.42. The fraction of sp³-hybridized carbons (Fsp3) is 0.591. The monoisotopic (exact) mass is 453 g/mol. The third-order valence-corrected chi connectivity index (χ3v) is 7.70. The Balaban J connectivity index is 1.43. The molecule has 0 unspecified atom stereocenters. The maximum absolute atomic E-state index is 13.1. The lowest BCUT2D eigenvalue weighted by Gasteiger charge is -2.36. The van der Waals surface area contributed by atoms with Crippen molar-refractivity contribution < 1.29 is 22.8 Å². The molecular weight excluding hydrogens is 427 g/mol. The number of piperidine rings is 2. The van der Waals surface area contributed by atoms with Crippen LogP contribution in [-0.2, 0) is 11.0 Å². The molecule has 2 aromatic rings. The van der Waals surface area contributed by atoms with Gasteiger partial charge in [0, 0.05) is 37.5 Å². The first-order valence-corrected chi connectivity index (χ1v) is 11.5. The zero-order chi connectivity index (χ0) is 22.3. The van der Waals surface area contributed by atoms with Crippen molar-refractivity contribution in [1.29, 1.82) is 0 Å². The average molecular weight is 454 g/mol. The minimum atomic E-state index is -4.52. The number of pyridine rings is 1. The van der Waals surface area contributed by atoms with Gasteiger partial charge in [-0.3, -0.25) is 9.59 Å². The number of thiophene rings is 1. The number of hydrogen-bond donors (Lipinski definition) is 0. The summed E-state index contributed by atoms with van der Waals surface area (Å²) < 4.78 is 38.9. The molecule has 5 nitrogen and oxygen atoms in total. The van der Waals surface area contributed by atoms with E-state index in [4.69, 9.17) is 0 Å². The zero-order valence-electron chi connectivity index (χ0n) is 17.7. The van der Waals surface area contributed by atoms with Crippen LogP contribution in [0.2, 0.25) is 0 Å². The van der Waals surface area contributed by atoms with Gasteiger partial charge in [0.15, 0.2) is 0 Å². The molecule has 2 fully saturated rings. The summed E-state index contributed by atoms with van der Waals surface area (Å²) in [6.45, 7) is 6.54. The number of carbonyl (C=O) groups excluding carboxylic acids is 2. The molecule has 0 saturated carbocycles. The van der Waals surface area contributed by atoms with Crippen LogP contribution in [0.15, 0.2) is 12.1 Å². The SMILES string of the molecule is Cc1c(C(=O)N2CCC(C(=O)N3CCC(C)CC3)CC2)sc2nc(C(F)(F)F)ccc12. The van der Waals surface area contributed by atoms with Gasteiger partial charge in [0.25, 0.3) is 5.91 Å². The van der Waals surface area contributed by atoms with Crippen LogP contribution in [0.4, 0.5) is 13.2 Å². The summed E-state index contributed by atoms with van der Waals surface area (Å²) in [5, 5.41) is 0.575. The van der Waals surface area contributed by atoms with Crippen molar-refractivity contribution in [3.63, 3.8) is 0 Å². The standard InChI is InChI=1S/C22H26F3N3O2S/c1-13-5-9-27(10-6-13)20(29)15-7-11-28(12-8-15)21(30)18-14(2)16-3-4-17(22(23,24)25)26-19(16)31-18/h3-4,13,15H,5-12H2,1-2H3. The van der Waals surface area contributed by atoms with Crippen molar-refractivity contribution in [1.82, 2.24) is 14.8 Å². The first-order chi connectivity index (χ1) is 14.6. The molecule has 0 radical (unpaired) electrons. The lowest BCUT2D eigenvalue weighted by Crippen LogP contribution is -2.46. The van der Waals surface area contributed by atoms with Crippen molar-refractivity contribution in [2.24, 2.45) is 11.8 Å². The predicted octanol–water partition coefficient (Wildman–Crippen LogP) is 4.73. The molecule has 0 atom stereocenters. The molecule has 2 amide bonds. The van der Waals surface area contributed by atoms with Crippen molar-refractivity contribution in [2.75, 3.05) is 26.2 Å².